The number of carbonyl (C=O) groups is 1. The minimum absolute atomic E-state index is 0.0860. The SMILES string of the molecule is CCN(CC)CCN(C)C(=O)c1cc2[nH]c(-c3cc(C)c4ncnn4c3)c(C(C)C)c2s1. The van der Waals surface area contributed by atoms with Crippen molar-refractivity contribution in [1.29, 1.82) is 0 Å². The van der Waals surface area contributed by atoms with E-state index in [1.54, 1.807) is 17.7 Å². The van der Waals surface area contributed by atoms with Crippen LogP contribution < -0.4 is 0 Å². The maximum absolute atomic E-state index is 13.1. The van der Waals surface area contributed by atoms with Gasteiger partial charge in [0, 0.05) is 31.9 Å². The predicted molar refractivity (Wildman–Crippen MR) is 132 cm³/mol. The van der Waals surface area contributed by atoms with E-state index >= 15 is 0 Å². The lowest BCUT2D eigenvalue weighted by molar-refractivity contribution is 0.0784. The molecule has 8 heteroatoms. The highest BCUT2D eigenvalue weighted by Gasteiger charge is 2.23. The number of pyridine rings is 1. The average molecular weight is 453 g/mol. The summed E-state index contributed by atoms with van der Waals surface area (Å²) in [4.78, 5) is 26.0. The summed E-state index contributed by atoms with van der Waals surface area (Å²) in [5, 5.41) is 4.32. The zero-order chi connectivity index (χ0) is 23.0. The largest absolute Gasteiger partial charge is 0.354 e. The summed E-state index contributed by atoms with van der Waals surface area (Å²) in [6.07, 6.45) is 3.60. The summed E-state index contributed by atoms with van der Waals surface area (Å²) in [7, 11) is 1.89. The van der Waals surface area contributed by atoms with Crippen molar-refractivity contribution in [3.05, 3.63) is 40.7 Å². The van der Waals surface area contributed by atoms with Crippen LogP contribution in [0.25, 0.3) is 27.1 Å². The highest BCUT2D eigenvalue weighted by molar-refractivity contribution is 7.21. The Labute approximate surface area is 193 Å². The molecule has 170 valence electrons. The van der Waals surface area contributed by atoms with E-state index in [1.165, 1.54) is 5.56 Å². The van der Waals surface area contributed by atoms with Gasteiger partial charge in [-0.25, -0.2) is 9.50 Å². The molecule has 0 atom stereocenters. The Morgan fingerprint density at radius 1 is 1.22 bits per heavy atom. The molecule has 0 aliphatic heterocycles. The van der Waals surface area contributed by atoms with Crippen molar-refractivity contribution in [2.75, 3.05) is 33.2 Å². The maximum atomic E-state index is 13.1. The van der Waals surface area contributed by atoms with Crippen LogP contribution in [0.4, 0.5) is 0 Å². The number of aromatic amines is 1. The number of likely N-dealkylation sites (N-methyl/N-ethyl adjacent to an activating group) is 2. The molecule has 0 saturated heterocycles. The lowest BCUT2D eigenvalue weighted by Gasteiger charge is -2.22. The van der Waals surface area contributed by atoms with Crippen molar-refractivity contribution >= 4 is 33.1 Å². The van der Waals surface area contributed by atoms with Crippen LogP contribution in [-0.4, -0.2) is 68.5 Å². The van der Waals surface area contributed by atoms with Gasteiger partial charge in [0.15, 0.2) is 5.65 Å². The van der Waals surface area contributed by atoms with Crippen LogP contribution in [0.5, 0.6) is 0 Å². The Bertz CT molecular complexity index is 1250. The van der Waals surface area contributed by atoms with Crippen LogP contribution in [0, 0.1) is 6.92 Å². The van der Waals surface area contributed by atoms with Gasteiger partial charge in [-0.3, -0.25) is 4.79 Å². The number of carbonyl (C=O) groups excluding carboxylic acids is 1. The predicted octanol–water partition coefficient (Wildman–Crippen LogP) is 4.78. The lowest BCUT2D eigenvalue weighted by atomic mass is 9.99. The molecular weight excluding hydrogens is 420 g/mol. The molecule has 4 aromatic heterocycles. The van der Waals surface area contributed by atoms with Gasteiger partial charge in [0.05, 0.1) is 20.8 Å². The van der Waals surface area contributed by atoms with Crippen molar-refractivity contribution in [3.63, 3.8) is 0 Å². The van der Waals surface area contributed by atoms with Crippen molar-refractivity contribution in [3.8, 4) is 11.3 Å². The van der Waals surface area contributed by atoms with Crippen molar-refractivity contribution in [1.82, 2.24) is 29.4 Å². The fraction of sp³-hybridized carbons (Fsp3) is 0.458. The second-order valence-corrected chi connectivity index (χ2v) is 9.67. The normalized spacial score (nSPS) is 12.0. The Morgan fingerprint density at radius 2 is 1.97 bits per heavy atom. The summed E-state index contributed by atoms with van der Waals surface area (Å²) >= 11 is 1.59. The molecule has 4 rings (SSSR count). The fourth-order valence-electron chi connectivity index (χ4n) is 4.23. The van der Waals surface area contributed by atoms with E-state index < -0.39 is 0 Å². The zero-order valence-electron chi connectivity index (χ0n) is 19.8. The highest BCUT2D eigenvalue weighted by atomic mass is 32.1. The molecule has 0 fully saturated rings. The van der Waals surface area contributed by atoms with Gasteiger partial charge in [-0.2, -0.15) is 5.10 Å². The number of fused-ring (bicyclic) bond motifs is 2. The molecule has 0 saturated carbocycles. The Morgan fingerprint density at radius 3 is 2.66 bits per heavy atom. The van der Waals surface area contributed by atoms with Crippen LogP contribution in [0.15, 0.2) is 24.7 Å². The molecule has 4 heterocycles. The molecule has 0 radical (unpaired) electrons. The number of nitrogens with one attached hydrogen (secondary N) is 1. The lowest BCUT2D eigenvalue weighted by Crippen LogP contribution is -2.36. The number of rotatable bonds is 8. The first-order valence-corrected chi connectivity index (χ1v) is 12.1. The molecular formula is C24H32N6OS. The molecule has 1 N–H and O–H groups in total. The van der Waals surface area contributed by atoms with Gasteiger partial charge in [0.25, 0.3) is 5.91 Å². The number of thiophene rings is 1. The molecule has 0 aromatic carbocycles. The molecule has 1 amide bonds. The van der Waals surface area contributed by atoms with E-state index in [2.05, 4.69) is 60.7 Å². The quantitative estimate of drug-likeness (QED) is 0.417. The van der Waals surface area contributed by atoms with E-state index in [0.29, 0.717) is 5.92 Å². The monoisotopic (exact) mass is 452 g/mol. The first kappa shape index (κ1) is 22.5. The van der Waals surface area contributed by atoms with Crippen LogP contribution in [0.2, 0.25) is 0 Å². The maximum Gasteiger partial charge on any atom is 0.263 e. The number of hydrogen-bond donors (Lipinski definition) is 1. The first-order chi connectivity index (χ1) is 15.3. The Hall–Kier alpha value is -2.71. The van der Waals surface area contributed by atoms with Gasteiger partial charge in [-0.1, -0.05) is 27.7 Å². The molecule has 0 unspecified atom stereocenters. The Balaban J connectivity index is 1.67. The van der Waals surface area contributed by atoms with Crippen LogP contribution >= 0.6 is 11.3 Å². The highest BCUT2D eigenvalue weighted by Crippen LogP contribution is 2.40. The van der Waals surface area contributed by atoms with Crippen molar-refractivity contribution in [2.45, 2.75) is 40.5 Å². The summed E-state index contributed by atoms with van der Waals surface area (Å²) in [6, 6.07) is 4.16. The Kier molecular flexibility index (Phi) is 6.35. The summed E-state index contributed by atoms with van der Waals surface area (Å²) in [6.45, 7) is 14.4. The molecule has 0 aliphatic rings. The number of aryl methyl sites for hydroxylation is 1. The van der Waals surface area contributed by atoms with Gasteiger partial charge in [0.2, 0.25) is 0 Å². The minimum Gasteiger partial charge on any atom is -0.354 e. The molecule has 7 nitrogen and oxygen atoms in total. The van der Waals surface area contributed by atoms with Gasteiger partial charge >= 0.3 is 0 Å². The van der Waals surface area contributed by atoms with Crippen LogP contribution in [0.3, 0.4) is 0 Å². The average Bonchev–Trinajstić information content (AvgIpc) is 3.47. The second-order valence-electron chi connectivity index (χ2n) is 8.62. The van der Waals surface area contributed by atoms with E-state index in [4.69, 9.17) is 0 Å². The number of nitrogens with zero attached hydrogens (tertiary/aromatic N) is 5. The molecule has 4 aromatic rings. The summed E-state index contributed by atoms with van der Waals surface area (Å²) in [5.74, 6) is 0.399. The van der Waals surface area contributed by atoms with E-state index in [9.17, 15) is 4.79 Å². The van der Waals surface area contributed by atoms with Gasteiger partial charge in [-0.15, -0.1) is 11.3 Å². The molecule has 0 aliphatic carbocycles. The van der Waals surface area contributed by atoms with E-state index in [-0.39, 0.29) is 5.91 Å². The smallest absolute Gasteiger partial charge is 0.263 e. The standard InChI is InChI=1S/C24H32N6OS/c1-7-29(8-2)10-9-28(6)24(31)19-12-18-22(32-19)20(15(3)4)21(27-18)17-11-16(5)23-25-14-26-30(23)13-17/h11-15,27H,7-10H2,1-6H3. The number of aromatic nitrogens is 4. The number of amides is 1. The van der Waals surface area contributed by atoms with Crippen LogP contribution in [-0.2, 0) is 0 Å². The topological polar surface area (TPSA) is 69.5 Å². The third-order valence-electron chi connectivity index (χ3n) is 6.13. The fourth-order valence-corrected chi connectivity index (χ4v) is 5.54. The minimum atomic E-state index is 0.0860. The molecule has 0 bridgehead atoms. The van der Waals surface area contributed by atoms with E-state index in [0.717, 1.165) is 63.7 Å². The molecule has 0 spiro atoms. The first-order valence-electron chi connectivity index (χ1n) is 11.3. The zero-order valence-corrected chi connectivity index (χ0v) is 20.6. The van der Waals surface area contributed by atoms with Crippen molar-refractivity contribution in [2.24, 2.45) is 0 Å². The van der Waals surface area contributed by atoms with Gasteiger partial charge in [0.1, 0.15) is 6.33 Å². The van der Waals surface area contributed by atoms with Gasteiger partial charge < -0.3 is 14.8 Å². The van der Waals surface area contributed by atoms with E-state index in [1.807, 2.05) is 28.7 Å². The second kappa shape index (κ2) is 9.03. The van der Waals surface area contributed by atoms with Crippen LogP contribution in [0.1, 0.15) is 54.4 Å². The third kappa shape index (κ3) is 4.04. The van der Waals surface area contributed by atoms with Gasteiger partial charge in [-0.05, 0) is 49.2 Å². The number of hydrogen-bond acceptors (Lipinski definition) is 5. The van der Waals surface area contributed by atoms with Crippen molar-refractivity contribution < 1.29 is 4.79 Å². The molecule has 32 heavy (non-hydrogen) atoms. The third-order valence-corrected chi connectivity index (χ3v) is 7.29. The summed E-state index contributed by atoms with van der Waals surface area (Å²) < 4.78 is 2.98. The number of H-pyrrole nitrogens is 1. The summed E-state index contributed by atoms with van der Waals surface area (Å²) in [5.41, 5.74) is 6.39.